The van der Waals surface area contributed by atoms with Crippen LogP contribution in [0.4, 0.5) is 28.9 Å². The highest BCUT2D eigenvalue weighted by atomic mass is 32.1. The number of rotatable bonds is 6. The van der Waals surface area contributed by atoms with Crippen LogP contribution in [0.1, 0.15) is 34.8 Å². The van der Waals surface area contributed by atoms with Crippen molar-refractivity contribution in [3.8, 4) is 0 Å². The zero-order chi connectivity index (χ0) is 28.6. The average Bonchev–Trinajstić information content (AvgIpc) is 3.77. The van der Waals surface area contributed by atoms with E-state index in [1.165, 1.54) is 18.2 Å². The molecular weight excluding hydrogens is 548 g/mol. The second kappa shape index (κ2) is 11.0. The molecule has 1 saturated carbocycles. The average molecular weight is 577 g/mol. The van der Waals surface area contributed by atoms with Gasteiger partial charge in [0.15, 0.2) is 5.11 Å². The van der Waals surface area contributed by atoms with Crippen LogP contribution in [0.25, 0.3) is 10.9 Å². The van der Waals surface area contributed by atoms with Crippen LogP contribution in [-0.4, -0.2) is 59.8 Å². The number of thiocarbonyl (C=S) groups is 1. The first-order valence-electron chi connectivity index (χ1n) is 12.9. The lowest BCUT2D eigenvalue weighted by molar-refractivity contribution is -0.137. The Morgan fingerprint density at radius 3 is 2.35 bits per heavy atom. The lowest BCUT2D eigenvalue weighted by Crippen LogP contribution is -2.50. The SMILES string of the molecule is NCCNC(=O)c1cn(C2CC2)c2cc(N3CCN(C(=S)Nc4ccc(C(F)(F)F)cc4)CC3)c(F)cc2c1=O. The number of amides is 1. The van der Waals surface area contributed by atoms with E-state index in [9.17, 15) is 22.8 Å². The van der Waals surface area contributed by atoms with Crippen LogP contribution in [0.5, 0.6) is 0 Å². The van der Waals surface area contributed by atoms with Gasteiger partial charge in [0.25, 0.3) is 5.91 Å². The molecule has 2 heterocycles. The van der Waals surface area contributed by atoms with Crippen molar-refractivity contribution in [3.63, 3.8) is 0 Å². The molecule has 0 radical (unpaired) electrons. The number of hydrogen-bond donors (Lipinski definition) is 3. The van der Waals surface area contributed by atoms with Gasteiger partial charge in [-0.3, -0.25) is 9.59 Å². The first-order chi connectivity index (χ1) is 19.1. The summed E-state index contributed by atoms with van der Waals surface area (Å²) in [6.45, 7) is 2.24. The van der Waals surface area contributed by atoms with Gasteiger partial charge in [-0.2, -0.15) is 13.2 Å². The zero-order valence-electron chi connectivity index (χ0n) is 21.4. The Bertz CT molecular complexity index is 1500. The van der Waals surface area contributed by atoms with Gasteiger partial charge >= 0.3 is 6.18 Å². The number of nitrogens with one attached hydrogen (secondary N) is 2. The van der Waals surface area contributed by atoms with E-state index < -0.39 is 28.9 Å². The molecule has 2 aliphatic rings. The molecule has 1 aromatic heterocycles. The quantitative estimate of drug-likeness (QED) is 0.304. The largest absolute Gasteiger partial charge is 0.416 e. The second-order valence-electron chi connectivity index (χ2n) is 9.86. The molecule has 1 aliphatic carbocycles. The number of halogens is 4. The maximum absolute atomic E-state index is 15.4. The van der Waals surface area contributed by atoms with Gasteiger partial charge in [-0.1, -0.05) is 0 Å². The first kappa shape index (κ1) is 27.8. The summed E-state index contributed by atoms with van der Waals surface area (Å²) < 4.78 is 55.7. The number of aromatic nitrogens is 1. The summed E-state index contributed by atoms with van der Waals surface area (Å²) in [5.74, 6) is -1.10. The maximum Gasteiger partial charge on any atom is 0.416 e. The monoisotopic (exact) mass is 576 g/mol. The van der Waals surface area contributed by atoms with Gasteiger partial charge in [0.1, 0.15) is 11.4 Å². The van der Waals surface area contributed by atoms with Crippen LogP contribution in [0.3, 0.4) is 0 Å². The predicted octanol–water partition coefficient (Wildman–Crippen LogP) is 3.70. The Morgan fingerprint density at radius 2 is 1.75 bits per heavy atom. The van der Waals surface area contributed by atoms with Crippen molar-refractivity contribution in [3.05, 3.63) is 69.8 Å². The van der Waals surface area contributed by atoms with Crippen molar-refractivity contribution in [2.45, 2.75) is 25.1 Å². The minimum Gasteiger partial charge on any atom is -0.366 e. The fourth-order valence-corrected chi connectivity index (χ4v) is 5.09. The van der Waals surface area contributed by atoms with Crippen LogP contribution < -0.4 is 26.7 Å². The molecule has 40 heavy (non-hydrogen) atoms. The summed E-state index contributed by atoms with van der Waals surface area (Å²) in [6, 6.07) is 7.62. The third-order valence-corrected chi connectivity index (χ3v) is 7.45. The molecule has 0 atom stereocenters. The van der Waals surface area contributed by atoms with E-state index in [1.807, 2.05) is 14.4 Å². The van der Waals surface area contributed by atoms with Gasteiger partial charge in [0, 0.05) is 62.6 Å². The van der Waals surface area contributed by atoms with Gasteiger partial charge < -0.3 is 30.7 Å². The maximum atomic E-state index is 15.4. The van der Waals surface area contributed by atoms with E-state index in [1.54, 1.807) is 12.3 Å². The minimum atomic E-state index is -4.41. The molecule has 0 unspecified atom stereocenters. The fraction of sp³-hybridized carbons (Fsp3) is 0.370. The number of hydrogen-bond acceptors (Lipinski definition) is 5. The molecule has 212 valence electrons. The van der Waals surface area contributed by atoms with Crippen molar-refractivity contribution in [1.82, 2.24) is 14.8 Å². The van der Waals surface area contributed by atoms with Crippen LogP contribution in [0, 0.1) is 5.82 Å². The van der Waals surface area contributed by atoms with E-state index in [0.29, 0.717) is 48.2 Å². The molecule has 1 aliphatic heterocycles. The van der Waals surface area contributed by atoms with Crippen molar-refractivity contribution in [2.24, 2.45) is 5.73 Å². The molecule has 2 aromatic carbocycles. The van der Waals surface area contributed by atoms with Gasteiger partial charge in [-0.25, -0.2) is 4.39 Å². The summed E-state index contributed by atoms with van der Waals surface area (Å²) in [5.41, 5.74) is 5.50. The number of pyridine rings is 1. The van der Waals surface area contributed by atoms with Gasteiger partial charge in [-0.15, -0.1) is 0 Å². The molecule has 1 saturated heterocycles. The number of carbonyl (C=O) groups excluding carboxylic acids is 1. The molecule has 13 heteroatoms. The van der Waals surface area contributed by atoms with Crippen LogP contribution in [-0.2, 0) is 6.18 Å². The summed E-state index contributed by atoms with van der Waals surface area (Å²) in [5, 5.41) is 6.08. The number of nitrogens with two attached hydrogens (primary N) is 1. The van der Waals surface area contributed by atoms with Gasteiger partial charge in [0.2, 0.25) is 5.43 Å². The number of piperazine rings is 1. The van der Waals surface area contributed by atoms with Gasteiger partial charge in [-0.05, 0) is 61.5 Å². The van der Waals surface area contributed by atoms with Crippen molar-refractivity contribution in [2.75, 3.05) is 49.5 Å². The molecule has 0 spiro atoms. The fourth-order valence-electron chi connectivity index (χ4n) is 4.79. The van der Waals surface area contributed by atoms with Crippen molar-refractivity contribution >= 4 is 45.5 Å². The van der Waals surface area contributed by atoms with Crippen molar-refractivity contribution in [1.29, 1.82) is 0 Å². The Hall–Kier alpha value is -3.71. The number of fused-ring (bicyclic) bond motifs is 1. The highest BCUT2D eigenvalue weighted by molar-refractivity contribution is 7.80. The normalized spacial score (nSPS) is 15.8. The topological polar surface area (TPSA) is 95.6 Å². The Balaban J connectivity index is 1.32. The van der Waals surface area contributed by atoms with Crippen LogP contribution in [0.15, 0.2) is 47.4 Å². The number of carbonyl (C=O) groups is 1. The predicted molar refractivity (Wildman–Crippen MR) is 149 cm³/mol. The summed E-state index contributed by atoms with van der Waals surface area (Å²) in [4.78, 5) is 29.4. The van der Waals surface area contributed by atoms with Crippen LogP contribution in [0.2, 0.25) is 0 Å². The highest BCUT2D eigenvalue weighted by Crippen LogP contribution is 2.38. The number of anilines is 2. The Morgan fingerprint density at radius 1 is 1.07 bits per heavy atom. The third-order valence-electron chi connectivity index (χ3n) is 7.09. The summed E-state index contributed by atoms with van der Waals surface area (Å²) >= 11 is 5.46. The Kier molecular flexibility index (Phi) is 7.69. The number of nitrogens with zero attached hydrogens (tertiary/aromatic N) is 3. The van der Waals surface area contributed by atoms with E-state index in [0.717, 1.165) is 25.0 Å². The zero-order valence-corrected chi connectivity index (χ0v) is 22.2. The molecule has 1 amide bonds. The standard InChI is InChI=1S/C27H28F4N6O2S/c28-21-13-19-22(37(18-5-6-18)15-20(24(19)38)25(39)33-8-7-32)14-23(21)35-9-11-36(12-10-35)26(40)34-17-3-1-16(2-4-17)27(29,30)31/h1-4,13-15,18H,5-12,32H2,(H,33,39)(H,34,40). The third kappa shape index (κ3) is 5.75. The van der Waals surface area contributed by atoms with Crippen LogP contribution >= 0.6 is 12.2 Å². The first-order valence-corrected chi connectivity index (χ1v) is 13.3. The van der Waals surface area contributed by atoms with E-state index in [-0.39, 0.29) is 30.1 Å². The number of alkyl halides is 3. The summed E-state index contributed by atoms with van der Waals surface area (Å²) in [7, 11) is 0. The Labute approximate surface area is 232 Å². The second-order valence-corrected chi connectivity index (χ2v) is 10.2. The highest BCUT2D eigenvalue weighted by Gasteiger charge is 2.31. The number of benzene rings is 2. The molecule has 8 nitrogen and oxygen atoms in total. The summed E-state index contributed by atoms with van der Waals surface area (Å²) in [6.07, 6.45) is -1.06. The molecule has 5 rings (SSSR count). The molecule has 2 fully saturated rings. The molecule has 3 aromatic rings. The van der Waals surface area contributed by atoms with Gasteiger partial charge in [0.05, 0.1) is 16.8 Å². The lowest BCUT2D eigenvalue weighted by Gasteiger charge is -2.37. The van der Waals surface area contributed by atoms with E-state index in [4.69, 9.17) is 18.0 Å². The molecular formula is C27H28F4N6O2S. The smallest absolute Gasteiger partial charge is 0.366 e. The van der Waals surface area contributed by atoms with E-state index in [2.05, 4.69) is 10.6 Å². The van der Waals surface area contributed by atoms with E-state index >= 15 is 4.39 Å². The lowest BCUT2D eigenvalue weighted by atomic mass is 10.1. The molecule has 0 bridgehead atoms. The van der Waals surface area contributed by atoms with Crippen molar-refractivity contribution < 1.29 is 22.4 Å². The minimum absolute atomic E-state index is 0.0392. The molecule has 4 N–H and O–H groups in total.